The molecule has 2 rings (SSSR count). The first-order chi connectivity index (χ1) is 10.5. The molecule has 1 fully saturated rings. The Morgan fingerprint density at radius 3 is 2.86 bits per heavy atom. The third-order valence-electron chi connectivity index (χ3n) is 4.05. The molecule has 0 spiro atoms. The van der Waals surface area contributed by atoms with Crippen LogP contribution in [0.15, 0.2) is 24.3 Å². The number of rotatable bonds is 6. The quantitative estimate of drug-likeness (QED) is 0.845. The van der Waals surface area contributed by atoms with Crippen LogP contribution in [0.4, 0.5) is 5.69 Å². The van der Waals surface area contributed by atoms with Gasteiger partial charge >= 0.3 is 0 Å². The van der Waals surface area contributed by atoms with Crippen LogP contribution < -0.4 is 16.0 Å². The topological polar surface area (TPSA) is 75.4 Å². The molecule has 2 atom stereocenters. The average Bonchev–Trinajstić information content (AvgIpc) is 2.93. The molecule has 5 heteroatoms. The molecule has 120 valence electrons. The molecule has 1 aromatic rings. The highest BCUT2D eigenvalue weighted by molar-refractivity contribution is 5.95. The molecular weight excluding hydrogens is 278 g/mol. The lowest BCUT2D eigenvalue weighted by atomic mass is 10.1. The SMILES string of the molecule is CCCC(N)C(=O)NC(C)c1cccc(N2CCCC2=O)c1. The molecule has 1 saturated heterocycles. The maximum absolute atomic E-state index is 12.0. The van der Waals surface area contributed by atoms with Crippen LogP contribution in [0.1, 0.15) is 51.1 Å². The molecule has 5 nitrogen and oxygen atoms in total. The standard InChI is InChI=1S/C17H25N3O2/c1-3-6-15(18)17(22)19-12(2)13-7-4-8-14(11-13)20-10-5-9-16(20)21/h4,7-8,11-12,15H,3,5-6,9-10,18H2,1-2H3,(H,19,22). The van der Waals surface area contributed by atoms with E-state index in [1.165, 1.54) is 0 Å². The van der Waals surface area contributed by atoms with Crippen molar-refractivity contribution < 1.29 is 9.59 Å². The van der Waals surface area contributed by atoms with Crippen molar-refractivity contribution in [3.8, 4) is 0 Å². The minimum absolute atomic E-state index is 0.128. The van der Waals surface area contributed by atoms with E-state index in [-0.39, 0.29) is 17.9 Å². The van der Waals surface area contributed by atoms with Crippen LogP contribution >= 0.6 is 0 Å². The van der Waals surface area contributed by atoms with Crippen molar-refractivity contribution in [2.45, 2.75) is 51.6 Å². The Kier molecular flexibility index (Phi) is 5.55. The number of hydrogen-bond acceptors (Lipinski definition) is 3. The van der Waals surface area contributed by atoms with Gasteiger partial charge in [-0.1, -0.05) is 25.5 Å². The van der Waals surface area contributed by atoms with E-state index in [0.717, 1.165) is 30.6 Å². The highest BCUT2D eigenvalue weighted by Crippen LogP contribution is 2.24. The predicted molar refractivity (Wildman–Crippen MR) is 87.5 cm³/mol. The fourth-order valence-corrected chi connectivity index (χ4v) is 2.73. The van der Waals surface area contributed by atoms with Gasteiger partial charge in [0, 0.05) is 18.7 Å². The Morgan fingerprint density at radius 2 is 2.23 bits per heavy atom. The fourth-order valence-electron chi connectivity index (χ4n) is 2.73. The normalized spacial score (nSPS) is 17.4. The van der Waals surface area contributed by atoms with Gasteiger partial charge in [0.1, 0.15) is 0 Å². The second-order valence-corrected chi connectivity index (χ2v) is 5.87. The van der Waals surface area contributed by atoms with Crippen LogP contribution in [0.2, 0.25) is 0 Å². The first-order valence-corrected chi connectivity index (χ1v) is 7.99. The van der Waals surface area contributed by atoms with Crippen molar-refractivity contribution in [2.24, 2.45) is 5.73 Å². The maximum atomic E-state index is 12.0. The average molecular weight is 303 g/mol. The van der Waals surface area contributed by atoms with Crippen LogP contribution in [-0.4, -0.2) is 24.4 Å². The number of nitrogens with zero attached hydrogens (tertiary/aromatic N) is 1. The van der Waals surface area contributed by atoms with Gasteiger partial charge in [-0.25, -0.2) is 0 Å². The smallest absolute Gasteiger partial charge is 0.237 e. The summed E-state index contributed by atoms with van der Waals surface area (Å²) in [7, 11) is 0. The number of carbonyl (C=O) groups excluding carboxylic acids is 2. The van der Waals surface area contributed by atoms with Gasteiger partial charge in [0.05, 0.1) is 12.1 Å². The van der Waals surface area contributed by atoms with Crippen molar-refractivity contribution in [3.63, 3.8) is 0 Å². The summed E-state index contributed by atoms with van der Waals surface area (Å²) < 4.78 is 0. The van der Waals surface area contributed by atoms with Crippen molar-refractivity contribution in [1.29, 1.82) is 0 Å². The van der Waals surface area contributed by atoms with Gasteiger partial charge in [0.2, 0.25) is 11.8 Å². The van der Waals surface area contributed by atoms with Crippen LogP contribution in [0, 0.1) is 0 Å². The van der Waals surface area contributed by atoms with Crippen LogP contribution in [0.25, 0.3) is 0 Å². The summed E-state index contributed by atoms with van der Waals surface area (Å²) in [6, 6.07) is 7.19. The molecule has 3 N–H and O–H groups in total. The van der Waals surface area contributed by atoms with Gasteiger partial charge in [-0.05, 0) is 37.5 Å². The largest absolute Gasteiger partial charge is 0.348 e. The van der Waals surface area contributed by atoms with Crippen LogP contribution in [0.3, 0.4) is 0 Å². The van der Waals surface area contributed by atoms with Gasteiger partial charge in [-0.3, -0.25) is 9.59 Å². The van der Waals surface area contributed by atoms with E-state index in [9.17, 15) is 9.59 Å². The minimum Gasteiger partial charge on any atom is -0.348 e. The first kappa shape index (κ1) is 16.5. The summed E-state index contributed by atoms with van der Waals surface area (Å²) in [5, 5.41) is 2.94. The highest BCUT2D eigenvalue weighted by atomic mass is 16.2. The molecule has 1 aromatic carbocycles. The molecule has 2 amide bonds. The van der Waals surface area contributed by atoms with Gasteiger partial charge in [-0.2, -0.15) is 0 Å². The summed E-state index contributed by atoms with van der Waals surface area (Å²) >= 11 is 0. The minimum atomic E-state index is -0.462. The summed E-state index contributed by atoms with van der Waals surface area (Å²) in [6.07, 6.45) is 3.08. The van der Waals surface area contributed by atoms with Crippen molar-refractivity contribution in [1.82, 2.24) is 5.32 Å². The number of carbonyl (C=O) groups is 2. The first-order valence-electron chi connectivity index (χ1n) is 7.99. The molecule has 0 radical (unpaired) electrons. The molecule has 0 aromatic heterocycles. The van der Waals surface area contributed by atoms with E-state index in [0.29, 0.717) is 12.8 Å². The van der Waals surface area contributed by atoms with E-state index >= 15 is 0 Å². The zero-order valence-corrected chi connectivity index (χ0v) is 13.3. The molecule has 1 heterocycles. The number of nitrogens with one attached hydrogen (secondary N) is 1. The molecule has 1 aliphatic rings. The zero-order valence-electron chi connectivity index (χ0n) is 13.3. The van der Waals surface area contributed by atoms with Crippen LogP contribution in [-0.2, 0) is 9.59 Å². The van der Waals surface area contributed by atoms with Crippen LogP contribution in [0.5, 0.6) is 0 Å². The van der Waals surface area contributed by atoms with Crippen molar-refractivity contribution in [2.75, 3.05) is 11.4 Å². The van der Waals surface area contributed by atoms with Gasteiger partial charge in [-0.15, -0.1) is 0 Å². The second kappa shape index (κ2) is 7.40. The predicted octanol–water partition coefficient (Wildman–Crippen LogP) is 2.12. The maximum Gasteiger partial charge on any atom is 0.237 e. The summed E-state index contributed by atoms with van der Waals surface area (Å²) in [6.45, 7) is 4.71. The Morgan fingerprint density at radius 1 is 1.45 bits per heavy atom. The molecule has 0 saturated carbocycles. The van der Waals surface area contributed by atoms with Gasteiger partial charge in [0.25, 0.3) is 0 Å². The van der Waals surface area contributed by atoms with E-state index in [1.54, 1.807) is 4.90 Å². The van der Waals surface area contributed by atoms with Gasteiger partial charge < -0.3 is 16.0 Å². The summed E-state index contributed by atoms with van der Waals surface area (Å²) in [4.78, 5) is 25.7. The number of benzene rings is 1. The molecule has 0 bridgehead atoms. The number of nitrogens with two attached hydrogens (primary N) is 1. The number of hydrogen-bond donors (Lipinski definition) is 2. The fraction of sp³-hybridized carbons (Fsp3) is 0.529. The summed E-state index contributed by atoms with van der Waals surface area (Å²) in [5.41, 5.74) is 7.72. The zero-order chi connectivity index (χ0) is 16.1. The molecule has 1 aliphatic heterocycles. The lowest BCUT2D eigenvalue weighted by molar-refractivity contribution is -0.123. The Balaban J connectivity index is 2.05. The number of anilines is 1. The third-order valence-corrected chi connectivity index (χ3v) is 4.05. The monoisotopic (exact) mass is 303 g/mol. The van der Waals surface area contributed by atoms with E-state index < -0.39 is 6.04 Å². The Labute approximate surface area is 131 Å². The lowest BCUT2D eigenvalue weighted by Crippen LogP contribution is -2.41. The highest BCUT2D eigenvalue weighted by Gasteiger charge is 2.22. The lowest BCUT2D eigenvalue weighted by Gasteiger charge is -2.20. The Bertz CT molecular complexity index is 544. The van der Waals surface area contributed by atoms with Gasteiger partial charge in [0.15, 0.2) is 0 Å². The third kappa shape index (κ3) is 3.85. The molecule has 2 unspecified atom stereocenters. The Hall–Kier alpha value is -1.88. The molecular formula is C17H25N3O2. The van der Waals surface area contributed by atoms with Crippen molar-refractivity contribution >= 4 is 17.5 Å². The molecule has 22 heavy (non-hydrogen) atoms. The van der Waals surface area contributed by atoms with E-state index in [4.69, 9.17) is 5.73 Å². The van der Waals surface area contributed by atoms with E-state index in [1.807, 2.05) is 38.1 Å². The van der Waals surface area contributed by atoms with Crippen molar-refractivity contribution in [3.05, 3.63) is 29.8 Å². The van der Waals surface area contributed by atoms with E-state index in [2.05, 4.69) is 5.32 Å². The summed E-state index contributed by atoms with van der Waals surface area (Å²) in [5.74, 6) is 0.0378. The molecule has 0 aliphatic carbocycles. The number of amides is 2. The second-order valence-electron chi connectivity index (χ2n) is 5.87.